The Bertz CT molecular complexity index is 531. The van der Waals surface area contributed by atoms with Crippen LogP contribution in [-0.4, -0.2) is 14.6 Å². The predicted octanol–water partition coefficient (Wildman–Crippen LogP) is 2.50. The smallest absolute Gasteiger partial charge is 0.160 e. The van der Waals surface area contributed by atoms with Crippen LogP contribution in [-0.2, 0) is 0 Å². The van der Waals surface area contributed by atoms with Gasteiger partial charge in [-0.1, -0.05) is 13.8 Å². The summed E-state index contributed by atoms with van der Waals surface area (Å²) in [5, 5.41) is 17.2. The van der Waals surface area contributed by atoms with Crippen molar-refractivity contribution in [1.82, 2.24) is 14.6 Å². The molecule has 0 saturated heterocycles. The standard InChI is InChI=1S/C12H14N4/c1-3-10(4-2)12-15-14-11-6-5-9(7-13)8-16(11)12/h5-6,8,10H,3-4H2,1-2H3. The highest BCUT2D eigenvalue weighted by Gasteiger charge is 2.14. The summed E-state index contributed by atoms with van der Waals surface area (Å²) in [6.45, 7) is 4.28. The third kappa shape index (κ3) is 1.65. The summed E-state index contributed by atoms with van der Waals surface area (Å²) >= 11 is 0. The molecule has 0 N–H and O–H groups in total. The van der Waals surface area contributed by atoms with Gasteiger partial charge < -0.3 is 0 Å². The lowest BCUT2D eigenvalue weighted by molar-refractivity contribution is 0.595. The van der Waals surface area contributed by atoms with E-state index in [4.69, 9.17) is 5.26 Å². The Hall–Kier alpha value is -1.89. The second kappa shape index (κ2) is 4.31. The summed E-state index contributed by atoms with van der Waals surface area (Å²) in [4.78, 5) is 0. The number of rotatable bonds is 3. The quantitative estimate of drug-likeness (QED) is 0.788. The Morgan fingerprint density at radius 2 is 2.06 bits per heavy atom. The summed E-state index contributed by atoms with van der Waals surface area (Å²) in [5.41, 5.74) is 1.44. The van der Waals surface area contributed by atoms with Crippen LogP contribution in [0, 0.1) is 11.3 Å². The van der Waals surface area contributed by atoms with Crippen molar-refractivity contribution in [3.63, 3.8) is 0 Å². The van der Waals surface area contributed by atoms with E-state index in [1.165, 1.54) is 0 Å². The topological polar surface area (TPSA) is 54.0 Å². The summed E-state index contributed by atoms with van der Waals surface area (Å²) in [6, 6.07) is 5.73. The van der Waals surface area contributed by atoms with E-state index in [1.54, 1.807) is 6.07 Å². The fourth-order valence-electron chi connectivity index (χ4n) is 1.91. The zero-order valence-corrected chi connectivity index (χ0v) is 9.51. The van der Waals surface area contributed by atoms with Gasteiger partial charge in [-0.15, -0.1) is 10.2 Å². The van der Waals surface area contributed by atoms with E-state index >= 15 is 0 Å². The van der Waals surface area contributed by atoms with Crippen LogP contribution in [0.1, 0.15) is 44.0 Å². The second-order valence-corrected chi connectivity index (χ2v) is 3.83. The van der Waals surface area contributed by atoms with Crippen molar-refractivity contribution >= 4 is 5.65 Å². The van der Waals surface area contributed by atoms with Crippen LogP contribution in [0.3, 0.4) is 0 Å². The van der Waals surface area contributed by atoms with Gasteiger partial charge in [0.15, 0.2) is 5.65 Å². The van der Waals surface area contributed by atoms with Gasteiger partial charge in [-0.2, -0.15) is 5.26 Å². The molecule has 0 aromatic carbocycles. The monoisotopic (exact) mass is 214 g/mol. The Labute approximate surface area is 94.5 Å². The second-order valence-electron chi connectivity index (χ2n) is 3.83. The zero-order chi connectivity index (χ0) is 11.5. The Kier molecular flexibility index (Phi) is 2.86. The molecule has 0 amide bonds. The third-order valence-electron chi connectivity index (χ3n) is 2.91. The number of pyridine rings is 1. The molecule has 2 rings (SSSR count). The van der Waals surface area contributed by atoms with Crippen molar-refractivity contribution in [2.24, 2.45) is 0 Å². The third-order valence-corrected chi connectivity index (χ3v) is 2.91. The van der Waals surface area contributed by atoms with Crippen molar-refractivity contribution in [2.45, 2.75) is 32.6 Å². The summed E-state index contributed by atoms with van der Waals surface area (Å²) in [6.07, 6.45) is 3.88. The highest BCUT2D eigenvalue weighted by Crippen LogP contribution is 2.21. The Balaban J connectivity index is 2.58. The van der Waals surface area contributed by atoms with Gasteiger partial charge >= 0.3 is 0 Å². The van der Waals surface area contributed by atoms with E-state index in [2.05, 4.69) is 30.1 Å². The minimum absolute atomic E-state index is 0.406. The zero-order valence-electron chi connectivity index (χ0n) is 9.51. The predicted molar refractivity (Wildman–Crippen MR) is 61.0 cm³/mol. The fraction of sp³-hybridized carbons (Fsp3) is 0.417. The van der Waals surface area contributed by atoms with Crippen LogP contribution in [0.5, 0.6) is 0 Å². The molecule has 0 spiro atoms. The molecule has 0 atom stereocenters. The summed E-state index contributed by atoms with van der Waals surface area (Å²) in [7, 11) is 0. The maximum Gasteiger partial charge on any atom is 0.160 e. The lowest BCUT2D eigenvalue weighted by Crippen LogP contribution is -2.02. The molecule has 2 heterocycles. The van der Waals surface area contributed by atoms with Crippen molar-refractivity contribution < 1.29 is 0 Å². The Morgan fingerprint density at radius 3 is 2.69 bits per heavy atom. The Morgan fingerprint density at radius 1 is 1.31 bits per heavy atom. The molecule has 2 aromatic rings. The van der Waals surface area contributed by atoms with Gasteiger partial charge in [0.2, 0.25) is 0 Å². The molecule has 4 heteroatoms. The molecule has 4 nitrogen and oxygen atoms in total. The minimum atomic E-state index is 0.406. The van der Waals surface area contributed by atoms with E-state index in [9.17, 15) is 0 Å². The number of fused-ring (bicyclic) bond motifs is 1. The molecule has 16 heavy (non-hydrogen) atoms. The van der Waals surface area contributed by atoms with Crippen LogP contribution in [0.4, 0.5) is 0 Å². The number of nitrogens with zero attached hydrogens (tertiary/aromatic N) is 4. The van der Waals surface area contributed by atoms with E-state index in [0.29, 0.717) is 11.5 Å². The van der Waals surface area contributed by atoms with Crippen LogP contribution in [0.2, 0.25) is 0 Å². The highest BCUT2D eigenvalue weighted by molar-refractivity contribution is 5.43. The van der Waals surface area contributed by atoms with E-state index in [1.807, 2.05) is 16.7 Å². The average Bonchev–Trinajstić information content (AvgIpc) is 2.74. The van der Waals surface area contributed by atoms with Crippen molar-refractivity contribution in [3.05, 3.63) is 29.7 Å². The van der Waals surface area contributed by atoms with Crippen LogP contribution < -0.4 is 0 Å². The lowest BCUT2D eigenvalue weighted by atomic mass is 10.0. The summed E-state index contributed by atoms with van der Waals surface area (Å²) < 4.78 is 1.93. The van der Waals surface area contributed by atoms with Gasteiger partial charge in [0.25, 0.3) is 0 Å². The van der Waals surface area contributed by atoms with Gasteiger partial charge in [-0.25, -0.2) is 0 Å². The number of nitriles is 1. The molecular weight excluding hydrogens is 200 g/mol. The van der Waals surface area contributed by atoms with Gasteiger partial charge in [0.05, 0.1) is 5.56 Å². The van der Waals surface area contributed by atoms with Crippen LogP contribution in [0.25, 0.3) is 5.65 Å². The molecule has 0 aliphatic rings. The SMILES string of the molecule is CCC(CC)c1nnc2ccc(C#N)cn12. The molecule has 82 valence electrons. The van der Waals surface area contributed by atoms with E-state index in [-0.39, 0.29) is 0 Å². The van der Waals surface area contributed by atoms with E-state index in [0.717, 1.165) is 24.3 Å². The van der Waals surface area contributed by atoms with Gasteiger partial charge in [-0.3, -0.25) is 4.40 Å². The molecule has 0 unspecified atom stereocenters. The fourth-order valence-corrected chi connectivity index (χ4v) is 1.91. The highest BCUT2D eigenvalue weighted by atomic mass is 15.2. The lowest BCUT2D eigenvalue weighted by Gasteiger charge is -2.09. The first-order valence-corrected chi connectivity index (χ1v) is 5.54. The van der Waals surface area contributed by atoms with Crippen LogP contribution >= 0.6 is 0 Å². The van der Waals surface area contributed by atoms with Gasteiger partial charge in [0.1, 0.15) is 11.9 Å². The van der Waals surface area contributed by atoms with Crippen LogP contribution in [0.15, 0.2) is 18.3 Å². The molecule has 0 radical (unpaired) electrons. The molecule has 0 aliphatic heterocycles. The minimum Gasteiger partial charge on any atom is -0.285 e. The number of hydrogen-bond acceptors (Lipinski definition) is 3. The molecule has 0 bridgehead atoms. The first-order chi connectivity index (χ1) is 7.80. The van der Waals surface area contributed by atoms with Crippen molar-refractivity contribution in [1.29, 1.82) is 5.26 Å². The van der Waals surface area contributed by atoms with Gasteiger partial charge in [-0.05, 0) is 25.0 Å². The van der Waals surface area contributed by atoms with Crippen molar-refractivity contribution in [2.75, 3.05) is 0 Å². The van der Waals surface area contributed by atoms with E-state index < -0.39 is 0 Å². The molecular formula is C12H14N4. The normalized spacial score (nSPS) is 10.9. The largest absolute Gasteiger partial charge is 0.285 e. The maximum atomic E-state index is 8.87. The van der Waals surface area contributed by atoms with Crippen molar-refractivity contribution in [3.8, 4) is 6.07 Å². The maximum absolute atomic E-state index is 8.87. The summed E-state index contributed by atoms with van der Waals surface area (Å²) in [5.74, 6) is 1.36. The molecule has 0 saturated carbocycles. The van der Waals surface area contributed by atoms with Gasteiger partial charge in [0, 0.05) is 12.1 Å². The molecule has 2 aromatic heterocycles. The first-order valence-electron chi connectivity index (χ1n) is 5.54. The molecule has 0 fully saturated rings. The number of hydrogen-bond donors (Lipinski definition) is 0. The molecule has 0 aliphatic carbocycles. The average molecular weight is 214 g/mol. The number of aromatic nitrogens is 3. The first kappa shape index (κ1) is 10.6.